The molecule has 0 saturated heterocycles. The minimum Gasteiger partial charge on any atom is -0.463 e. The Morgan fingerprint density at radius 3 is 2.88 bits per heavy atom. The van der Waals surface area contributed by atoms with Crippen LogP contribution in [0.3, 0.4) is 0 Å². The predicted molar refractivity (Wildman–Crippen MR) is 71.7 cm³/mol. The van der Waals surface area contributed by atoms with Gasteiger partial charge >= 0.3 is 5.97 Å². The predicted octanol–water partition coefficient (Wildman–Crippen LogP) is 3.73. The maximum absolute atomic E-state index is 11.7. The summed E-state index contributed by atoms with van der Waals surface area (Å²) in [5.41, 5.74) is 4.35. The van der Waals surface area contributed by atoms with Crippen LogP contribution < -0.4 is 0 Å². The fraction of sp³-hybridized carbons (Fsp3) is 0.357. The fourth-order valence-corrected chi connectivity index (χ4v) is 2.80. The molecule has 1 aliphatic rings. The Kier molecular flexibility index (Phi) is 3.67. The number of carbonyl (C=O) groups excluding carboxylic acids is 1. The molecule has 0 radical (unpaired) electrons. The molecular formula is C14H15BrO2. The number of esters is 1. The van der Waals surface area contributed by atoms with Crippen molar-refractivity contribution in [1.29, 1.82) is 0 Å². The number of hydrogen-bond donors (Lipinski definition) is 0. The molecule has 2 nitrogen and oxygen atoms in total. The highest BCUT2D eigenvalue weighted by Crippen LogP contribution is 2.38. The van der Waals surface area contributed by atoms with Gasteiger partial charge in [0, 0.05) is 10.0 Å². The Morgan fingerprint density at radius 1 is 1.41 bits per heavy atom. The normalized spacial score (nSPS) is 16.6. The average molecular weight is 295 g/mol. The van der Waals surface area contributed by atoms with Crippen molar-refractivity contribution in [3.05, 3.63) is 39.4 Å². The molecule has 2 rings (SSSR count). The maximum atomic E-state index is 11.7. The van der Waals surface area contributed by atoms with E-state index in [1.807, 2.05) is 26.0 Å². The van der Waals surface area contributed by atoms with Gasteiger partial charge in [-0.05, 0) is 49.5 Å². The van der Waals surface area contributed by atoms with Crippen LogP contribution in [0.2, 0.25) is 0 Å². The van der Waals surface area contributed by atoms with Gasteiger partial charge in [0.15, 0.2) is 0 Å². The third-order valence-electron chi connectivity index (χ3n) is 3.10. The van der Waals surface area contributed by atoms with Crippen LogP contribution in [0.25, 0.3) is 5.57 Å². The Balaban J connectivity index is 2.42. The minimum absolute atomic E-state index is 0.199. The van der Waals surface area contributed by atoms with E-state index in [1.165, 1.54) is 11.1 Å². The Morgan fingerprint density at radius 2 is 2.18 bits per heavy atom. The lowest BCUT2D eigenvalue weighted by atomic mass is 10.0. The highest BCUT2D eigenvalue weighted by atomic mass is 79.9. The van der Waals surface area contributed by atoms with Crippen LogP contribution in [0.5, 0.6) is 0 Å². The molecule has 0 spiro atoms. The molecule has 90 valence electrons. The second-order valence-corrected chi connectivity index (χ2v) is 4.94. The molecule has 0 fully saturated rings. The number of halogens is 1. The molecule has 1 aromatic carbocycles. The van der Waals surface area contributed by atoms with E-state index >= 15 is 0 Å². The van der Waals surface area contributed by atoms with Gasteiger partial charge in [0.1, 0.15) is 0 Å². The zero-order valence-corrected chi connectivity index (χ0v) is 11.6. The van der Waals surface area contributed by atoms with Gasteiger partial charge in [-0.3, -0.25) is 0 Å². The van der Waals surface area contributed by atoms with Crippen LogP contribution in [-0.2, 0) is 16.0 Å². The summed E-state index contributed by atoms with van der Waals surface area (Å²) in [6, 6.07) is 6.12. The summed E-state index contributed by atoms with van der Waals surface area (Å²) in [6.45, 7) is 4.10. The lowest BCUT2D eigenvalue weighted by molar-refractivity contribution is -0.138. The largest absolute Gasteiger partial charge is 0.463 e. The molecule has 0 N–H and O–H groups in total. The molecule has 0 aromatic heterocycles. The number of benzene rings is 1. The summed E-state index contributed by atoms with van der Waals surface area (Å²) in [6.07, 6.45) is 1.91. The van der Waals surface area contributed by atoms with Crippen LogP contribution in [-0.4, -0.2) is 12.6 Å². The summed E-state index contributed by atoms with van der Waals surface area (Å²) in [4.78, 5) is 11.7. The molecule has 0 atom stereocenters. The first-order chi connectivity index (χ1) is 8.15. The van der Waals surface area contributed by atoms with Crippen molar-refractivity contribution in [2.75, 3.05) is 6.61 Å². The fourth-order valence-electron chi connectivity index (χ4n) is 2.23. The van der Waals surface area contributed by atoms with E-state index in [2.05, 4.69) is 22.0 Å². The smallest absolute Gasteiger partial charge is 0.333 e. The second kappa shape index (κ2) is 5.05. The number of allylic oxidation sites excluding steroid dienone is 1. The van der Waals surface area contributed by atoms with Crippen LogP contribution in [0.15, 0.2) is 28.2 Å². The van der Waals surface area contributed by atoms with Gasteiger partial charge in [0.25, 0.3) is 0 Å². The monoisotopic (exact) mass is 294 g/mol. The first-order valence-corrected chi connectivity index (χ1v) is 6.59. The van der Waals surface area contributed by atoms with Gasteiger partial charge in [-0.25, -0.2) is 4.79 Å². The lowest BCUT2D eigenvalue weighted by Gasteiger charge is -2.07. The first-order valence-electron chi connectivity index (χ1n) is 5.79. The van der Waals surface area contributed by atoms with Gasteiger partial charge in [-0.1, -0.05) is 28.1 Å². The van der Waals surface area contributed by atoms with E-state index in [1.54, 1.807) is 0 Å². The van der Waals surface area contributed by atoms with Crippen LogP contribution in [0.1, 0.15) is 31.4 Å². The van der Waals surface area contributed by atoms with Crippen molar-refractivity contribution in [1.82, 2.24) is 0 Å². The van der Waals surface area contributed by atoms with Gasteiger partial charge in [0.05, 0.1) is 6.61 Å². The van der Waals surface area contributed by atoms with E-state index in [0.29, 0.717) is 6.61 Å². The summed E-state index contributed by atoms with van der Waals surface area (Å²) >= 11 is 3.55. The van der Waals surface area contributed by atoms with Crippen molar-refractivity contribution in [2.24, 2.45) is 0 Å². The lowest BCUT2D eigenvalue weighted by Crippen LogP contribution is -2.06. The Labute approximate surface area is 110 Å². The molecule has 1 aromatic rings. The Bertz CT molecular complexity index is 489. The highest BCUT2D eigenvalue weighted by molar-refractivity contribution is 9.10. The molecule has 0 amide bonds. The van der Waals surface area contributed by atoms with Crippen LogP contribution in [0.4, 0.5) is 0 Å². The summed E-state index contributed by atoms with van der Waals surface area (Å²) in [5.74, 6) is -0.199. The first kappa shape index (κ1) is 12.4. The topological polar surface area (TPSA) is 26.3 Å². The molecule has 0 bridgehead atoms. The van der Waals surface area contributed by atoms with Crippen molar-refractivity contribution in [3.8, 4) is 0 Å². The van der Waals surface area contributed by atoms with Crippen LogP contribution in [0, 0.1) is 0 Å². The number of fused-ring (bicyclic) bond motifs is 1. The third kappa shape index (κ3) is 2.29. The number of hydrogen-bond acceptors (Lipinski definition) is 2. The van der Waals surface area contributed by atoms with E-state index in [-0.39, 0.29) is 5.97 Å². The van der Waals surface area contributed by atoms with Crippen molar-refractivity contribution < 1.29 is 9.53 Å². The molecule has 1 aliphatic carbocycles. The van der Waals surface area contributed by atoms with E-state index in [4.69, 9.17) is 4.74 Å². The summed E-state index contributed by atoms with van der Waals surface area (Å²) < 4.78 is 6.18. The SMILES string of the molecule is CCOC(=O)/C(C)=C1/CCc2c(Br)cccc21. The molecule has 0 aliphatic heterocycles. The average Bonchev–Trinajstić information content (AvgIpc) is 2.73. The number of carbonyl (C=O) groups is 1. The van der Waals surface area contributed by atoms with E-state index < -0.39 is 0 Å². The second-order valence-electron chi connectivity index (χ2n) is 4.09. The number of ether oxygens (including phenoxy) is 1. The standard InChI is InChI=1S/C14H15BrO2/c1-3-17-14(16)9(2)10-7-8-12-11(10)5-4-6-13(12)15/h4-6H,3,7-8H2,1-2H3/b10-9-. The molecule has 3 heteroatoms. The minimum atomic E-state index is -0.199. The number of rotatable bonds is 2. The Hall–Kier alpha value is -1.09. The van der Waals surface area contributed by atoms with Crippen LogP contribution >= 0.6 is 15.9 Å². The quantitative estimate of drug-likeness (QED) is 0.614. The van der Waals surface area contributed by atoms with Gasteiger partial charge in [0.2, 0.25) is 0 Å². The highest BCUT2D eigenvalue weighted by Gasteiger charge is 2.22. The zero-order chi connectivity index (χ0) is 12.4. The zero-order valence-electron chi connectivity index (χ0n) is 10.0. The van der Waals surface area contributed by atoms with E-state index in [0.717, 1.165) is 28.5 Å². The summed E-state index contributed by atoms with van der Waals surface area (Å²) in [7, 11) is 0. The van der Waals surface area contributed by atoms with Crippen molar-refractivity contribution in [2.45, 2.75) is 26.7 Å². The molecular weight excluding hydrogens is 280 g/mol. The summed E-state index contributed by atoms with van der Waals surface area (Å²) in [5, 5.41) is 0. The third-order valence-corrected chi connectivity index (χ3v) is 3.85. The van der Waals surface area contributed by atoms with Gasteiger partial charge < -0.3 is 4.74 Å². The van der Waals surface area contributed by atoms with Gasteiger partial charge in [-0.15, -0.1) is 0 Å². The van der Waals surface area contributed by atoms with Crippen molar-refractivity contribution in [3.63, 3.8) is 0 Å². The molecule has 17 heavy (non-hydrogen) atoms. The van der Waals surface area contributed by atoms with Gasteiger partial charge in [-0.2, -0.15) is 0 Å². The molecule has 0 heterocycles. The van der Waals surface area contributed by atoms with E-state index in [9.17, 15) is 4.79 Å². The molecule has 0 saturated carbocycles. The maximum Gasteiger partial charge on any atom is 0.333 e. The molecule has 0 unspecified atom stereocenters. The van der Waals surface area contributed by atoms with Crippen molar-refractivity contribution >= 4 is 27.5 Å².